The average molecular weight is 392 g/mol. The van der Waals surface area contributed by atoms with E-state index in [0.29, 0.717) is 6.04 Å². The Balaban J connectivity index is 0.00000200. The topological polar surface area (TPSA) is 39.7 Å². The third-order valence-electron chi connectivity index (χ3n) is 3.96. The summed E-state index contributed by atoms with van der Waals surface area (Å²) in [5, 5.41) is 6.88. The Labute approximate surface area is 140 Å². The number of aliphatic imine (C=N–C) groups is 1. The van der Waals surface area contributed by atoms with E-state index < -0.39 is 0 Å². The average Bonchev–Trinajstić information content (AvgIpc) is 3.10. The van der Waals surface area contributed by atoms with Crippen LogP contribution < -0.4 is 10.6 Å². The van der Waals surface area contributed by atoms with Gasteiger partial charge in [0.15, 0.2) is 5.96 Å². The highest BCUT2D eigenvalue weighted by Gasteiger charge is 2.12. The maximum Gasteiger partial charge on any atom is 0.191 e. The maximum absolute atomic E-state index is 4.28. The first-order chi connectivity index (χ1) is 9.38. The van der Waals surface area contributed by atoms with E-state index in [0.717, 1.165) is 25.3 Å². The molecule has 2 aliphatic rings. The van der Waals surface area contributed by atoms with Crippen LogP contribution in [0.25, 0.3) is 0 Å². The van der Waals surface area contributed by atoms with Gasteiger partial charge in [0.1, 0.15) is 0 Å². The summed E-state index contributed by atoms with van der Waals surface area (Å²) in [6.07, 6.45) is 12.0. The number of nitrogens with one attached hydrogen (secondary N) is 2. The van der Waals surface area contributed by atoms with Gasteiger partial charge < -0.3 is 15.5 Å². The molecule has 20 heavy (non-hydrogen) atoms. The van der Waals surface area contributed by atoms with Gasteiger partial charge in [-0.15, -0.1) is 24.0 Å². The van der Waals surface area contributed by atoms with Crippen LogP contribution in [-0.2, 0) is 0 Å². The minimum atomic E-state index is 0. The van der Waals surface area contributed by atoms with E-state index in [9.17, 15) is 0 Å². The molecule has 0 radical (unpaired) electrons. The number of hydrogen-bond acceptors (Lipinski definition) is 2. The van der Waals surface area contributed by atoms with Gasteiger partial charge >= 0.3 is 0 Å². The Morgan fingerprint density at radius 2 is 1.90 bits per heavy atom. The predicted molar refractivity (Wildman–Crippen MR) is 97.0 cm³/mol. The minimum Gasteiger partial charge on any atom is -0.356 e. The Bertz CT molecular complexity index is 303. The summed E-state index contributed by atoms with van der Waals surface area (Å²) in [4.78, 5) is 6.86. The van der Waals surface area contributed by atoms with Gasteiger partial charge in [-0.2, -0.15) is 0 Å². The van der Waals surface area contributed by atoms with Crippen LogP contribution in [-0.4, -0.2) is 50.1 Å². The summed E-state index contributed by atoms with van der Waals surface area (Å²) >= 11 is 0. The number of likely N-dealkylation sites (tertiary alicyclic amines) is 1. The zero-order chi connectivity index (χ0) is 13.3. The lowest BCUT2D eigenvalue weighted by molar-refractivity contribution is 0.330. The van der Waals surface area contributed by atoms with Crippen LogP contribution in [0.5, 0.6) is 0 Å². The van der Waals surface area contributed by atoms with Crippen LogP contribution in [0.15, 0.2) is 17.1 Å². The summed E-state index contributed by atoms with van der Waals surface area (Å²) in [6.45, 7) is 4.91. The standard InChI is InChI=1S/C15H28N4.HI/c1-16-15(18-14-8-2-3-9-14)17-10-4-5-11-19-12-6-7-13-19;/h2-3,14H,4-13H2,1H3,(H2,16,17,18);1H. The molecular formula is C15H29IN4. The van der Waals surface area contributed by atoms with Crippen molar-refractivity contribution < 1.29 is 0 Å². The first-order valence-corrected chi connectivity index (χ1v) is 7.73. The molecule has 0 aromatic carbocycles. The summed E-state index contributed by atoms with van der Waals surface area (Å²) in [5.74, 6) is 0.954. The fraction of sp³-hybridized carbons (Fsp3) is 0.800. The molecule has 0 aromatic heterocycles. The zero-order valence-electron chi connectivity index (χ0n) is 12.6. The molecule has 0 spiro atoms. The van der Waals surface area contributed by atoms with E-state index in [1.54, 1.807) is 0 Å². The number of halogens is 1. The summed E-state index contributed by atoms with van der Waals surface area (Å²) in [6, 6.07) is 0.538. The smallest absolute Gasteiger partial charge is 0.191 e. The van der Waals surface area contributed by atoms with Gasteiger partial charge in [-0.3, -0.25) is 4.99 Å². The molecule has 1 aliphatic carbocycles. The molecule has 2 rings (SSSR count). The highest BCUT2D eigenvalue weighted by Crippen LogP contribution is 2.09. The lowest BCUT2D eigenvalue weighted by atomic mass is 10.2. The number of unbranched alkanes of at least 4 members (excludes halogenated alkanes) is 1. The molecular weight excluding hydrogens is 363 g/mol. The molecule has 0 atom stereocenters. The molecule has 0 amide bonds. The monoisotopic (exact) mass is 392 g/mol. The van der Waals surface area contributed by atoms with E-state index in [1.165, 1.54) is 45.3 Å². The van der Waals surface area contributed by atoms with Gasteiger partial charge in [-0.25, -0.2) is 0 Å². The highest BCUT2D eigenvalue weighted by molar-refractivity contribution is 14.0. The second-order valence-corrected chi connectivity index (χ2v) is 5.54. The largest absolute Gasteiger partial charge is 0.356 e. The fourth-order valence-corrected chi connectivity index (χ4v) is 2.80. The molecule has 116 valence electrons. The quantitative estimate of drug-likeness (QED) is 0.240. The van der Waals surface area contributed by atoms with E-state index in [-0.39, 0.29) is 24.0 Å². The van der Waals surface area contributed by atoms with Crippen molar-refractivity contribution in [3.63, 3.8) is 0 Å². The van der Waals surface area contributed by atoms with E-state index in [1.807, 2.05) is 7.05 Å². The van der Waals surface area contributed by atoms with Crippen molar-refractivity contribution in [2.24, 2.45) is 4.99 Å². The Morgan fingerprint density at radius 1 is 1.20 bits per heavy atom. The Morgan fingerprint density at radius 3 is 2.55 bits per heavy atom. The molecule has 1 heterocycles. The minimum absolute atomic E-state index is 0. The lowest BCUT2D eigenvalue weighted by Crippen LogP contribution is -2.42. The molecule has 0 saturated carbocycles. The first kappa shape index (κ1) is 17.8. The number of rotatable bonds is 6. The van der Waals surface area contributed by atoms with Gasteiger partial charge in [-0.05, 0) is 58.2 Å². The third kappa shape index (κ3) is 6.43. The Hall–Kier alpha value is -0.300. The number of guanidine groups is 1. The number of hydrogen-bond donors (Lipinski definition) is 2. The van der Waals surface area contributed by atoms with Crippen LogP contribution in [0, 0.1) is 0 Å². The van der Waals surface area contributed by atoms with Crippen molar-refractivity contribution in [1.29, 1.82) is 0 Å². The normalized spacial score (nSPS) is 20.1. The van der Waals surface area contributed by atoms with E-state index in [4.69, 9.17) is 0 Å². The molecule has 1 aliphatic heterocycles. The molecule has 1 saturated heterocycles. The second kappa shape index (κ2) is 10.4. The Kier molecular flexibility index (Phi) is 9.26. The predicted octanol–water partition coefficient (Wildman–Crippen LogP) is 2.36. The SMILES string of the molecule is CN=C(NCCCCN1CCCC1)NC1CC=CC1.I. The zero-order valence-corrected chi connectivity index (χ0v) is 14.9. The van der Waals surface area contributed by atoms with Crippen molar-refractivity contribution in [3.8, 4) is 0 Å². The molecule has 1 fully saturated rings. The van der Waals surface area contributed by atoms with E-state index in [2.05, 4.69) is 32.7 Å². The van der Waals surface area contributed by atoms with Crippen LogP contribution in [0.2, 0.25) is 0 Å². The van der Waals surface area contributed by atoms with Crippen LogP contribution in [0.1, 0.15) is 38.5 Å². The van der Waals surface area contributed by atoms with Gasteiger partial charge in [0.25, 0.3) is 0 Å². The molecule has 5 heteroatoms. The van der Waals surface area contributed by atoms with Crippen molar-refractivity contribution in [3.05, 3.63) is 12.2 Å². The van der Waals surface area contributed by atoms with Crippen LogP contribution >= 0.6 is 24.0 Å². The van der Waals surface area contributed by atoms with Crippen molar-refractivity contribution >= 4 is 29.9 Å². The third-order valence-corrected chi connectivity index (χ3v) is 3.96. The van der Waals surface area contributed by atoms with Gasteiger partial charge in [0, 0.05) is 19.6 Å². The second-order valence-electron chi connectivity index (χ2n) is 5.54. The van der Waals surface area contributed by atoms with E-state index >= 15 is 0 Å². The van der Waals surface area contributed by atoms with Crippen LogP contribution in [0.4, 0.5) is 0 Å². The van der Waals surface area contributed by atoms with Gasteiger partial charge in [0.05, 0.1) is 0 Å². The molecule has 0 bridgehead atoms. The highest BCUT2D eigenvalue weighted by atomic mass is 127. The van der Waals surface area contributed by atoms with Gasteiger partial charge in [-0.1, -0.05) is 12.2 Å². The van der Waals surface area contributed by atoms with Crippen LogP contribution in [0.3, 0.4) is 0 Å². The molecule has 0 unspecified atom stereocenters. The molecule has 4 nitrogen and oxygen atoms in total. The number of nitrogens with zero attached hydrogens (tertiary/aromatic N) is 2. The molecule has 0 aromatic rings. The van der Waals surface area contributed by atoms with Crippen molar-refractivity contribution in [2.75, 3.05) is 33.2 Å². The summed E-state index contributed by atoms with van der Waals surface area (Å²) < 4.78 is 0. The summed E-state index contributed by atoms with van der Waals surface area (Å²) in [5.41, 5.74) is 0. The van der Waals surface area contributed by atoms with Gasteiger partial charge in [0.2, 0.25) is 0 Å². The lowest BCUT2D eigenvalue weighted by Gasteiger charge is -2.17. The first-order valence-electron chi connectivity index (χ1n) is 7.73. The van der Waals surface area contributed by atoms with Crippen molar-refractivity contribution in [1.82, 2.24) is 15.5 Å². The van der Waals surface area contributed by atoms with Crippen molar-refractivity contribution in [2.45, 2.75) is 44.6 Å². The fourth-order valence-electron chi connectivity index (χ4n) is 2.80. The molecule has 2 N–H and O–H groups in total. The summed E-state index contributed by atoms with van der Waals surface area (Å²) in [7, 11) is 1.85. The maximum atomic E-state index is 4.28.